The van der Waals surface area contributed by atoms with Gasteiger partial charge in [0.2, 0.25) is 5.91 Å². The Hall–Kier alpha value is -2.13. The number of ether oxygens (including phenoxy) is 1. The van der Waals surface area contributed by atoms with Gasteiger partial charge in [0, 0.05) is 17.3 Å². The molecule has 3 rings (SSSR count). The molecule has 7 nitrogen and oxygen atoms in total. The number of thioether (sulfide) groups is 1. The summed E-state index contributed by atoms with van der Waals surface area (Å²) >= 11 is 2.81. The number of nitrogens with zero attached hydrogens (tertiary/aromatic N) is 3. The molecule has 1 aliphatic carbocycles. The number of amides is 1. The number of hydrogen-bond acceptors (Lipinski definition) is 7. The molecule has 2 aromatic heterocycles. The van der Waals surface area contributed by atoms with E-state index < -0.39 is 0 Å². The molecule has 2 aromatic rings. The Labute approximate surface area is 178 Å². The number of nitrogens with one attached hydrogen (secondary N) is 1. The number of anilines is 1. The number of rotatable bonds is 8. The maximum atomic E-state index is 12.6. The number of carbonyl (C=O) groups excluding carboxylic acids is 2. The first-order valence-electron chi connectivity index (χ1n) is 9.65. The Morgan fingerprint density at radius 2 is 2.10 bits per heavy atom. The monoisotopic (exact) mass is 434 g/mol. The number of aryl methyl sites for hydroxylation is 1. The van der Waals surface area contributed by atoms with Crippen LogP contribution in [0.15, 0.2) is 17.8 Å². The lowest BCUT2D eigenvalue weighted by Gasteiger charge is -2.12. The molecule has 156 valence electrons. The van der Waals surface area contributed by atoms with Crippen LogP contribution >= 0.6 is 23.1 Å². The standard InChI is InChI=1S/C20H26N4O3S2/c1-5-10-24-17(12(2)3)22-23-20(24)28-11-15(25)21-18-16(19(26)27-4)13-8-6-7-9-14(13)29-18/h5,12H,1,6-11H2,2-4H3,(H,21,25). The van der Waals surface area contributed by atoms with Crippen LogP contribution in [-0.2, 0) is 28.9 Å². The molecule has 0 radical (unpaired) electrons. The summed E-state index contributed by atoms with van der Waals surface area (Å²) in [6, 6.07) is 0. The van der Waals surface area contributed by atoms with E-state index in [1.807, 2.05) is 4.57 Å². The molecule has 0 atom stereocenters. The minimum atomic E-state index is -0.389. The van der Waals surface area contributed by atoms with E-state index >= 15 is 0 Å². The number of carbonyl (C=O) groups is 2. The molecule has 0 bridgehead atoms. The second kappa shape index (κ2) is 9.58. The van der Waals surface area contributed by atoms with E-state index in [0.29, 0.717) is 22.3 Å². The van der Waals surface area contributed by atoms with Gasteiger partial charge < -0.3 is 14.6 Å². The zero-order valence-corrected chi connectivity index (χ0v) is 18.6. The molecule has 0 saturated carbocycles. The molecule has 0 unspecified atom stereocenters. The van der Waals surface area contributed by atoms with Gasteiger partial charge in [-0.1, -0.05) is 31.7 Å². The van der Waals surface area contributed by atoms with Crippen molar-refractivity contribution >= 4 is 40.0 Å². The fourth-order valence-electron chi connectivity index (χ4n) is 3.40. The second-order valence-corrected chi connectivity index (χ2v) is 9.19. The molecule has 1 aliphatic rings. The predicted octanol–water partition coefficient (Wildman–Crippen LogP) is 4.05. The van der Waals surface area contributed by atoms with Crippen molar-refractivity contribution in [3.05, 3.63) is 34.5 Å². The molecule has 2 heterocycles. The number of hydrogen-bond donors (Lipinski definition) is 1. The van der Waals surface area contributed by atoms with Crippen molar-refractivity contribution in [1.29, 1.82) is 0 Å². The molecule has 0 saturated heterocycles. The Bertz CT molecular complexity index is 917. The summed E-state index contributed by atoms with van der Waals surface area (Å²) in [6.07, 6.45) is 5.74. The topological polar surface area (TPSA) is 86.1 Å². The summed E-state index contributed by atoms with van der Waals surface area (Å²) in [5, 5.41) is 12.7. The van der Waals surface area contributed by atoms with E-state index in [-0.39, 0.29) is 23.5 Å². The average Bonchev–Trinajstić information content (AvgIpc) is 3.27. The molecule has 1 amide bonds. The molecule has 9 heteroatoms. The van der Waals surface area contributed by atoms with Crippen LogP contribution in [0.4, 0.5) is 5.00 Å². The summed E-state index contributed by atoms with van der Waals surface area (Å²) in [4.78, 5) is 26.1. The molecular weight excluding hydrogens is 408 g/mol. The van der Waals surface area contributed by atoms with Gasteiger partial charge in [-0.25, -0.2) is 4.79 Å². The van der Waals surface area contributed by atoms with Crippen LogP contribution in [0, 0.1) is 0 Å². The van der Waals surface area contributed by atoms with Gasteiger partial charge in [0.1, 0.15) is 10.8 Å². The maximum absolute atomic E-state index is 12.6. The molecule has 0 fully saturated rings. The normalized spacial score (nSPS) is 13.2. The van der Waals surface area contributed by atoms with Gasteiger partial charge in [-0.05, 0) is 31.2 Å². The highest BCUT2D eigenvalue weighted by atomic mass is 32.2. The van der Waals surface area contributed by atoms with E-state index in [1.54, 1.807) is 6.08 Å². The van der Waals surface area contributed by atoms with Crippen molar-refractivity contribution in [3.8, 4) is 0 Å². The van der Waals surface area contributed by atoms with E-state index in [1.165, 1.54) is 35.1 Å². The number of thiophene rings is 1. The molecular formula is C20H26N4O3S2. The Morgan fingerprint density at radius 1 is 1.34 bits per heavy atom. The lowest BCUT2D eigenvalue weighted by Crippen LogP contribution is -2.17. The van der Waals surface area contributed by atoms with Gasteiger partial charge in [-0.2, -0.15) is 0 Å². The Balaban J connectivity index is 1.73. The largest absolute Gasteiger partial charge is 0.465 e. The van der Waals surface area contributed by atoms with Gasteiger partial charge in [0.15, 0.2) is 5.16 Å². The predicted molar refractivity (Wildman–Crippen MR) is 116 cm³/mol. The van der Waals surface area contributed by atoms with Crippen LogP contribution in [0.25, 0.3) is 0 Å². The SMILES string of the molecule is C=CCn1c(SCC(=O)Nc2sc3c(c2C(=O)OC)CCCC3)nnc1C(C)C. The van der Waals surface area contributed by atoms with Crippen molar-refractivity contribution in [2.45, 2.75) is 57.1 Å². The molecule has 29 heavy (non-hydrogen) atoms. The third-order valence-electron chi connectivity index (χ3n) is 4.72. The number of methoxy groups -OCH3 is 1. The van der Waals surface area contributed by atoms with Crippen molar-refractivity contribution < 1.29 is 14.3 Å². The molecule has 1 N–H and O–H groups in total. The minimum absolute atomic E-state index is 0.177. The van der Waals surface area contributed by atoms with Crippen LogP contribution in [-0.4, -0.2) is 39.5 Å². The van der Waals surface area contributed by atoms with E-state index in [0.717, 1.165) is 37.1 Å². The van der Waals surface area contributed by atoms with Crippen molar-refractivity contribution in [1.82, 2.24) is 14.8 Å². The van der Waals surface area contributed by atoms with Crippen LogP contribution in [0.2, 0.25) is 0 Å². The first-order valence-corrected chi connectivity index (χ1v) is 11.5. The summed E-state index contributed by atoms with van der Waals surface area (Å²) in [7, 11) is 1.37. The summed E-state index contributed by atoms with van der Waals surface area (Å²) < 4.78 is 6.93. The van der Waals surface area contributed by atoms with E-state index in [9.17, 15) is 9.59 Å². The van der Waals surface area contributed by atoms with Crippen LogP contribution in [0.3, 0.4) is 0 Å². The van der Waals surface area contributed by atoms with Gasteiger partial charge in [-0.15, -0.1) is 28.1 Å². The lowest BCUT2D eigenvalue weighted by atomic mass is 9.95. The third-order valence-corrected chi connectivity index (χ3v) is 6.89. The third kappa shape index (κ3) is 4.72. The first kappa shape index (κ1) is 21.6. The van der Waals surface area contributed by atoms with Gasteiger partial charge >= 0.3 is 5.97 Å². The lowest BCUT2D eigenvalue weighted by molar-refractivity contribution is -0.113. The number of aromatic nitrogens is 3. The second-order valence-electron chi connectivity index (χ2n) is 7.14. The minimum Gasteiger partial charge on any atom is -0.465 e. The molecule has 0 aromatic carbocycles. The molecule has 0 aliphatic heterocycles. The highest BCUT2D eigenvalue weighted by Gasteiger charge is 2.27. The van der Waals surface area contributed by atoms with Crippen LogP contribution in [0.5, 0.6) is 0 Å². The fourth-order valence-corrected chi connectivity index (χ4v) is 5.45. The number of allylic oxidation sites excluding steroid dienone is 1. The zero-order valence-electron chi connectivity index (χ0n) is 17.0. The molecule has 0 spiro atoms. The fraction of sp³-hybridized carbons (Fsp3) is 0.500. The number of esters is 1. The Kier molecular flexibility index (Phi) is 7.13. The zero-order chi connectivity index (χ0) is 21.0. The van der Waals surface area contributed by atoms with E-state index in [4.69, 9.17) is 4.74 Å². The quantitative estimate of drug-likeness (QED) is 0.383. The van der Waals surface area contributed by atoms with Crippen molar-refractivity contribution in [3.63, 3.8) is 0 Å². The number of fused-ring (bicyclic) bond motifs is 1. The first-order chi connectivity index (χ1) is 14.0. The Morgan fingerprint density at radius 3 is 2.79 bits per heavy atom. The summed E-state index contributed by atoms with van der Waals surface area (Å²) in [6.45, 7) is 8.49. The van der Waals surface area contributed by atoms with Crippen molar-refractivity contribution in [2.24, 2.45) is 0 Å². The van der Waals surface area contributed by atoms with Crippen molar-refractivity contribution in [2.75, 3.05) is 18.2 Å². The summed E-state index contributed by atoms with van der Waals surface area (Å²) in [5.74, 6) is 0.700. The highest BCUT2D eigenvalue weighted by Crippen LogP contribution is 2.38. The van der Waals surface area contributed by atoms with Crippen LogP contribution < -0.4 is 5.32 Å². The van der Waals surface area contributed by atoms with Gasteiger partial charge in [0.05, 0.1) is 18.4 Å². The van der Waals surface area contributed by atoms with Crippen LogP contribution in [0.1, 0.15) is 59.2 Å². The van der Waals surface area contributed by atoms with Gasteiger partial charge in [0.25, 0.3) is 0 Å². The van der Waals surface area contributed by atoms with E-state index in [2.05, 4.69) is 35.9 Å². The average molecular weight is 435 g/mol. The van der Waals surface area contributed by atoms with Gasteiger partial charge in [-0.3, -0.25) is 4.79 Å². The smallest absolute Gasteiger partial charge is 0.341 e. The summed E-state index contributed by atoms with van der Waals surface area (Å²) in [5.41, 5.74) is 1.55. The highest BCUT2D eigenvalue weighted by molar-refractivity contribution is 7.99. The maximum Gasteiger partial charge on any atom is 0.341 e.